The number of para-hydroxylation sites is 1. The van der Waals surface area contributed by atoms with E-state index in [1.165, 1.54) is 0 Å². The number of fused-ring (bicyclic) bond motifs is 1. The molecule has 1 spiro atoms. The minimum atomic E-state index is -0.470. The predicted octanol–water partition coefficient (Wildman–Crippen LogP) is 1.89. The van der Waals surface area contributed by atoms with E-state index in [2.05, 4.69) is 42.2 Å². The molecule has 5 rings (SSSR count). The number of H-pyrrole nitrogens is 1. The van der Waals surface area contributed by atoms with Gasteiger partial charge in [0.2, 0.25) is 5.91 Å². The summed E-state index contributed by atoms with van der Waals surface area (Å²) in [6.07, 6.45) is 5.01. The van der Waals surface area contributed by atoms with Crippen LogP contribution in [0.15, 0.2) is 48.9 Å². The summed E-state index contributed by atoms with van der Waals surface area (Å²) in [6.45, 7) is 2.14. The molecule has 2 aliphatic heterocycles. The van der Waals surface area contributed by atoms with E-state index in [1.807, 2.05) is 30.5 Å². The van der Waals surface area contributed by atoms with Crippen molar-refractivity contribution in [2.75, 3.05) is 29.6 Å². The predicted molar refractivity (Wildman–Crippen MR) is 100.0 cm³/mol. The number of benzene rings is 1. The Bertz CT molecular complexity index is 945. The second-order valence-electron chi connectivity index (χ2n) is 6.88. The van der Waals surface area contributed by atoms with Gasteiger partial charge < -0.3 is 20.1 Å². The summed E-state index contributed by atoms with van der Waals surface area (Å²) >= 11 is 0. The molecule has 26 heavy (non-hydrogen) atoms. The number of aromatic amines is 1. The van der Waals surface area contributed by atoms with Gasteiger partial charge in [-0.1, -0.05) is 18.2 Å². The summed E-state index contributed by atoms with van der Waals surface area (Å²) in [4.78, 5) is 29.1. The second-order valence-corrected chi connectivity index (χ2v) is 6.88. The van der Waals surface area contributed by atoms with Crippen molar-refractivity contribution in [1.82, 2.24) is 20.3 Å². The second kappa shape index (κ2) is 5.72. The van der Waals surface area contributed by atoms with Gasteiger partial charge in [0, 0.05) is 25.0 Å². The third-order valence-corrected chi connectivity index (χ3v) is 5.63. The molecule has 0 aliphatic carbocycles. The molecule has 2 aromatic heterocycles. The molecule has 0 radical (unpaired) electrons. The van der Waals surface area contributed by atoms with Crippen molar-refractivity contribution in [2.24, 2.45) is 0 Å². The lowest BCUT2D eigenvalue weighted by atomic mass is 9.85. The number of amides is 1. The van der Waals surface area contributed by atoms with Crippen molar-refractivity contribution >= 4 is 28.4 Å². The van der Waals surface area contributed by atoms with Gasteiger partial charge in [0.15, 0.2) is 0 Å². The van der Waals surface area contributed by atoms with E-state index >= 15 is 0 Å². The van der Waals surface area contributed by atoms with Crippen molar-refractivity contribution in [1.29, 1.82) is 0 Å². The smallest absolute Gasteiger partial charge is 0.247 e. The monoisotopic (exact) mass is 348 g/mol. The number of nitrogens with one attached hydrogen (secondary N) is 2. The summed E-state index contributed by atoms with van der Waals surface area (Å²) < 4.78 is 0. The SMILES string of the molecule is O=C1NCN(c2ccccc2)C12CCN(c1ncnc3[nH]ccc13)CC2. The highest BCUT2D eigenvalue weighted by Crippen LogP contribution is 2.37. The number of carbonyl (C=O) groups is 1. The lowest BCUT2D eigenvalue weighted by Gasteiger charge is -2.43. The van der Waals surface area contributed by atoms with Gasteiger partial charge in [-0.15, -0.1) is 0 Å². The van der Waals surface area contributed by atoms with Gasteiger partial charge in [-0.25, -0.2) is 9.97 Å². The fourth-order valence-corrected chi connectivity index (χ4v) is 4.23. The first kappa shape index (κ1) is 15.2. The average Bonchev–Trinajstić information content (AvgIpc) is 3.29. The third kappa shape index (κ3) is 2.16. The molecule has 7 nitrogen and oxygen atoms in total. The molecule has 132 valence electrons. The largest absolute Gasteiger partial charge is 0.356 e. The Morgan fingerprint density at radius 1 is 1.04 bits per heavy atom. The number of aromatic nitrogens is 3. The Balaban J connectivity index is 1.43. The van der Waals surface area contributed by atoms with Crippen molar-refractivity contribution in [3.8, 4) is 0 Å². The molecule has 0 unspecified atom stereocenters. The van der Waals surface area contributed by atoms with Crippen LogP contribution in [0.5, 0.6) is 0 Å². The first-order valence-electron chi connectivity index (χ1n) is 8.92. The minimum Gasteiger partial charge on any atom is -0.356 e. The zero-order valence-electron chi connectivity index (χ0n) is 14.4. The normalized spacial score (nSPS) is 19.3. The molecule has 1 aromatic carbocycles. The van der Waals surface area contributed by atoms with E-state index in [9.17, 15) is 4.79 Å². The van der Waals surface area contributed by atoms with Crippen molar-refractivity contribution in [3.05, 3.63) is 48.9 Å². The highest BCUT2D eigenvalue weighted by molar-refractivity contribution is 5.94. The number of hydrogen-bond donors (Lipinski definition) is 2. The molecule has 0 atom stereocenters. The van der Waals surface area contributed by atoms with Gasteiger partial charge in [0.1, 0.15) is 23.3 Å². The van der Waals surface area contributed by atoms with E-state index < -0.39 is 5.54 Å². The molecule has 2 N–H and O–H groups in total. The standard InChI is InChI=1S/C19H20N6O/c26-18-19(25(13-23-18)14-4-2-1-3-5-14)7-10-24(11-8-19)17-15-6-9-20-16(15)21-12-22-17/h1-6,9,12H,7-8,10-11,13H2,(H,23,26)(H,20,21,22). The maximum absolute atomic E-state index is 12.7. The Labute approximate surface area is 151 Å². The lowest BCUT2D eigenvalue weighted by Crippen LogP contribution is -2.56. The number of carbonyl (C=O) groups excluding carboxylic acids is 1. The van der Waals surface area contributed by atoms with Crippen LogP contribution in [-0.2, 0) is 4.79 Å². The van der Waals surface area contributed by atoms with Crippen LogP contribution in [0.2, 0.25) is 0 Å². The first-order chi connectivity index (χ1) is 12.8. The molecule has 1 amide bonds. The maximum atomic E-state index is 12.7. The van der Waals surface area contributed by atoms with Crippen LogP contribution in [0.4, 0.5) is 11.5 Å². The van der Waals surface area contributed by atoms with Gasteiger partial charge in [0.05, 0.1) is 12.1 Å². The fraction of sp³-hybridized carbons (Fsp3) is 0.316. The molecular formula is C19H20N6O. The van der Waals surface area contributed by atoms with Crippen molar-refractivity contribution in [2.45, 2.75) is 18.4 Å². The van der Waals surface area contributed by atoms with Gasteiger partial charge in [-0.05, 0) is 31.0 Å². The van der Waals surface area contributed by atoms with E-state index in [1.54, 1.807) is 6.33 Å². The van der Waals surface area contributed by atoms with Gasteiger partial charge in [0.25, 0.3) is 0 Å². The van der Waals surface area contributed by atoms with E-state index in [-0.39, 0.29) is 5.91 Å². The first-order valence-corrected chi connectivity index (χ1v) is 8.92. The fourth-order valence-electron chi connectivity index (χ4n) is 4.23. The van der Waals surface area contributed by atoms with Crippen LogP contribution in [0.25, 0.3) is 11.0 Å². The number of hydrogen-bond acceptors (Lipinski definition) is 5. The maximum Gasteiger partial charge on any atom is 0.247 e. The number of anilines is 2. The zero-order chi connectivity index (χ0) is 17.6. The van der Waals surface area contributed by atoms with Crippen LogP contribution < -0.4 is 15.1 Å². The van der Waals surface area contributed by atoms with E-state index in [0.29, 0.717) is 6.67 Å². The molecular weight excluding hydrogens is 328 g/mol. The van der Waals surface area contributed by atoms with Crippen molar-refractivity contribution < 1.29 is 4.79 Å². The molecule has 2 fully saturated rings. The Hall–Kier alpha value is -3.09. The summed E-state index contributed by atoms with van der Waals surface area (Å²) in [6, 6.07) is 12.2. The number of rotatable bonds is 2. The highest BCUT2D eigenvalue weighted by atomic mass is 16.2. The molecule has 0 bridgehead atoms. The van der Waals surface area contributed by atoms with Crippen LogP contribution in [0.1, 0.15) is 12.8 Å². The highest BCUT2D eigenvalue weighted by Gasteiger charge is 2.50. The minimum absolute atomic E-state index is 0.135. The molecule has 3 aromatic rings. The van der Waals surface area contributed by atoms with Crippen LogP contribution in [0, 0.1) is 0 Å². The molecule has 2 saturated heterocycles. The van der Waals surface area contributed by atoms with E-state index in [0.717, 1.165) is 48.5 Å². The third-order valence-electron chi connectivity index (χ3n) is 5.63. The van der Waals surface area contributed by atoms with E-state index in [4.69, 9.17) is 0 Å². The van der Waals surface area contributed by atoms with Crippen LogP contribution >= 0.6 is 0 Å². The summed E-state index contributed by atoms with van der Waals surface area (Å²) in [5, 5.41) is 4.07. The number of piperidine rings is 1. The molecule has 0 saturated carbocycles. The topological polar surface area (TPSA) is 77.2 Å². The molecule has 2 aliphatic rings. The zero-order valence-corrected chi connectivity index (χ0v) is 14.4. The summed E-state index contributed by atoms with van der Waals surface area (Å²) in [7, 11) is 0. The molecule has 4 heterocycles. The Morgan fingerprint density at radius 3 is 2.65 bits per heavy atom. The quantitative estimate of drug-likeness (QED) is 0.740. The Kier molecular flexibility index (Phi) is 3.34. The lowest BCUT2D eigenvalue weighted by molar-refractivity contribution is -0.124. The average molecular weight is 348 g/mol. The van der Waals surface area contributed by atoms with Crippen LogP contribution in [0.3, 0.4) is 0 Å². The van der Waals surface area contributed by atoms with Gasteiger partial charge in [-0.3, -0.25) is 4.79 Å². The Morgan fingerprint density at radius 2 is 1.85 bits per heavy atom. The summed E-state index contributed by atoms with van der Waals surface area (Å²) in [5.74, 6) is 1.08. The van der Waals surface area contributed by atoms with Crippen molar-refractivity contribution in [3.63, 3.8) is 0 Å². The van der Waals surface area contributed by atoms with Crippen LogP contribution in [-0.4, -0.2) is 46.2 Å². The van der Waals surface area contributed by atoms with Gasteiger partial charge in [-0.2, -0.15) is 0 Å². The number of nitrogens with zero attached hydrogens (tertiary/aromatic N) is 4. The summed E-state index contributed by atoms with van der Waals surface area (Å²) in [5.41, 5.74) is 1.47. The van der Waals surface area contributed by atoms with Gasteiger partial charge >= 0.3 is 0 Å². The molecule has 7 heteroatoms.